The van der Waals surface area contributed by atoms with Gasteiger partial charge in [0.05, 0.1) is 10.3 Å². The van der Waals surface area contributed by atoms with Crippen LogP contribution in [-0.2, 0) is 12.7 Å². The van der Waals surface area contributed by atoms with Crippen LogP contribution in [0.3, 0.4) is 0 Å². The molecule has 144 valence electrons. The maximum absolute atomic E-state index is 12.8. The Hall–Kier alpha value is -2.08. The highest BCUT2D eigenvalue weighted by molar-refractivity contribution is 7.13. The number of nitrogens with zero attached hydrogens (tertiary/aromatic N) is 2. The van der Waals surface area contributed by atoms with Crippen molar-refractivity contribution in [2.45, 2.75) is 45.3 Å². The molecule has 0 aliphatic heterocycles. The molecular weight excluding hydrogens is 369 g/mol. The molecule has 0 aliphatic rings. The number of halogens is 3. The van der Waals surface area contributed by atoms with E-state index >= 15 is 0 Å². The van der Waals surface area contributed by atoms with Gasteiger partial charge in [-0.2, -0.15) is 17.5 Å². The summed E-state index contributed by atoms with van der Waals surface area (Å²) in [6.07, 6.45) is 0.233. The second-order valence-corrected chi connectivity index (χ2v) is 7.48. The highest BCUT2D eigenvalue weighted by atomic mass is 32.1. The minimum Gasteiger partial charge on any atom is -0.351 e. The monoisotopic (exact) mass is 392 g/mol. The van der Waals surface area contributed by atoms with E-state index in [1.54, 1.807) is 12.1 Å². The van der Waals surface area contributed by atoms with Gasteiger partial charge < -0.3 is 4.90 Å². The smallest absolute Gasteiger partial charge is 0.351 e. The standard InChI is InChI=1S/C21H23F3N2S/c1-2-3-4-7-14-26(20-18-8-5-6-9-19(18)27-25-20)15-16-10-12-17(13-11-16)21(22,23)24/h5-6,8-13H,2-4,7,14-15H2,1H3. The molecule has 0 aliphatic carbocycles. The van der Waals surface area contributed by atoms with Crippen LogP contribution in [0.5, 0.6) is 0 Å². The molecule has 0 atom stereocenters. The van der Waals surface area contributed by atoms with Crippen LogP contribution in [0.15, 0.2) is 48.5 Å². The number of fused-ring (bicyclic) bond motifs is 1. The van der Waals surface area contributed by atoms with Crippen LogP contribution in [0, 0.1) is 0 Å². The summed E-state index contributed by atoms with van der Waals surface area (Å²) in [6, 6.07) is 13.5. The van der Waals surface area contributed by atoms with Crippen molar-refractivity contribution in [3.05, 3.63) is 59.7 Å². The van der Waals surface area contributed by atoms with Gasteiger partial charge >= 0.3 is 6.18 Å². The van der Waals surface area contributed by atoms with Crippen molar-refractivity contribution >= 4 is 27.4 Å². The minimum atomic E-state index is -4.30. The van der Waals surface area contributed by atoms with Gasteiger partial charge in [-0.3, -0.25) is 0 Å². The van der Waals surface area contributed by atoms with Crippen molar-refractivity contribution in [2.75, 3.05) is 11.4 Å². The first-order chi connectivity index (χ1) is 13.0. The number of benzene rings is 2. The van der Waals surface area contributed by atoms with E-state index in [1.165, 1.54) is 24.4 Å². The van der Waals surface area contributed by atoms with Crippen LogP contribution >= 0.6 is 11.5 Å². The molecule has 27 heavy (non-hydrogen) atoms. The molecule has 3 aromatic rings. The minimum absolute atomic E-state index is 0.554. The quantitative estimate of drug-likeness (QED) is 0.388. The van der Waals surface area contributed by atoms with E-state index in [-0.39, 0.29) is 0 Å². The van der Waals surface area contributed by atoms with Gasteiger partial charge in [0.25, 0.3) is 0 Å². The molecule has 2 nitrogen and oxygen atoms in total. The van der Waals surface area contributed by atoms with Gasteiger partial charge in [-0.15, -0.1) is 0 Å². The van der Waals surface area contributed by atoms with Crippen LogP contribution in [0.25, 0.3) is 10.1 Å². The third-order valence-corrected chi connectivity index (χ3v) is 5.41. The van der Waals surface area contributed by atoms with E-state index in [9.17, 15) is 13.2 Å². The van der Waals surface area contributed by atoms with E-state index in [0.717, 1.165) is 53.0 Å². The zero-order valence-corrected chi connectivity index (χ0v) is 16.1. The molecule has 1 heterocycles. The van der Waals surface area contributed by atoms with Gasteiger partial charge in [0.15, 0.2) is 0 Å². The van der Waals surface area contributed by atoms with Gasteiger partial charge in [-0.1, -0.05) is 50.5 Å². The average molecular weight is 392 g/mol. The number of alkyl halides is 3. The van der Waals surface area contributed by atoms with Crippen molar-refractivity contribution in [1.29, 1.82) is 0 Å². The third kappa shape index (κ3) is 5.01. The summed E-state index contributed by atoms with van der Waals surface area (Å²) >= 11 is 1.46. The molecular formula is C21H23F3N2S. The van der Waals surface area contributed by atoms with Crippen LogP contribution in [0.4, 0.5) is 19.0 Å². The van der Waals surface area contributed by atoms with Crippen molar-refractivity contribution < 1.29 is 13.2 Å². The summed E-state index contributed by atoms with van der Waals surface area (Å²) in [6.45, 7) is 3.57. The molecule has 2 aromatic carbocycles. The maximum Gasteiger partial charge on any atom is 0.416 e. The van der Waals surface area contributed by atoms with Crippen LogP contribution in [-0.4, -0.2) is 10.9 Å². The molecule has 0 spiro atoms. The molecule has 6 heteroatoms. The molecule has 0 saturated heterocycles. The molecule has 0 radical (unpaired) electrons. The van der Waals surface area contributed by atoms with E-state index < -0.39 is 11.7 Å². The average Bonchev–Trinajstić information content (AvgIpc) is 3.08. The van der Waals surface area contributed by atoms with E-state index in [4.69, 9.17) is 0 Å². The first kappa shape index (κ1) is 19.7. The number of hydrogen-bond donors (Lipinski definition) is 0. The zero-order chi connectivity index (χ0) is 19.3. The largest absolute Gasteiger partial charge is 0.416 e. The number of aromatic nitrogens is 1. The molecule has 0 bridgehead atoms. The van der Waals surface area contributed by atoms with Gasteiger partial charge in [0.2, 0.25) is 0 Å². The first-order valence-corrected chi connectivity index (χ1v) is 10.0. The Labute approximate surface area is 161 Å². The molecule has 0 saturated carbocycles. The highest BCUT2D eigenvalue weighted by Crippen LogP contribution is 2.32. The molecule has 0 amide bonds. The van der Waals surface area contributed by atoms with Crippen molar-refractivity contribution in [3.63, 3.8) is 0 Å². The second kappa shape index (κ2) is 8.74. The second-order valence-electron chi connectivity index (χ2n) is 6.68. The van der Waals surface area contributed by atoms with Crippen LogP contribution < -0.4 is 4.90 Å². The number of rotatable bonds is 8. The lowest BCUT2D eigenvalue weighted by Gasteiger charge is -2.23. The van der Waals surface area contributed by atoms with Crippen molar-refractivity contribution in [1.82, 2.24) is 4.37 Å². The fourth-order valence-corrected chi connectivity index (χ4v) is 3.91. The number of hydrogen-bond acceptors (Lipinski definition) is 3. The lowest BCUT2D eigenvalue weighted by molar-refractivity contribution is -0.137. The lowest BCUT2D eigenvalue weighted by atomic mass is 10.1. The van der Waals surface area contributed by atoms with Crippen molar-refractivity contribution in [2.24, 2.45) is 0 Å². The Bertz CT molecular complexity index is 856. The summed E-state index contributed by atoms with van der Waals surface area (Å²) in [5, 5.41) is 1.10. The Morgan fingerprint density at radius 1 is 0.963 bits per heavy atom. The molecule has 1 aromatic heterocycles. The summed E-state index contributed by atoms with van der Waals surface area (Å²) in [5.41, 5.74) is 0.246. The molecule has 0 N–H and O–H groups in total. The van der Waals surface area contributed by atoms with Crippen LogP contribution in [0.2, 0.25) is 0 Å². The number of unbranched alkanes of at least 4 members (excludes halogenated alkanes) is 3. The predicted octanol–water partition coefficient (Wildman–Crippen LogP) is 6.90. The Balaban J connectivity index is 1.81. The van der Waals surface area contributed by atoms with Gasteiger partial charge in [0, 0.05) is 18.5 Å². The molecule has 3 rings (SSSR count). The van der Waals surface area contributed by atoms with Gasteiger partial charge in [-0.05, 0) is 47.8 Å². The van der Waals surface area contributed by atoms with E-state index in [1.807, 2.05) is 18.2 Å². The van der Waals surface area contributed by atoms with Crippen molar-refractivity contribution in [3.8, 4) is 0 Å². The fourth-order valence-electron chi connectivity index (χ4n) is 3.11. The Kier molecular flexibility index (Phi) is 6.37. The third-order valence-electron chi connectivity index (χ3n) is 4.59. The number of anilines is 1. The van der Waals surface area contributed by atoms with E-state index in [0.29, 0.717) is 6.54 Å². The highest BCUT2D eigenvalue weighted by Gasteiger charge is 2.30. The van der Waals surface area contributed by atoms with Crippen LogP contribution in [0.1, 0.15) is 43.7 Å². The summed E-state index contributed by atoms with van der Waals surface area (Å²) in [7, 11) is 0. The Morgan fingerprint density at radius 3 is 2.41 bits per heavy atom. The predicted molar refractivity (Wildman–Crippen MR) is 106 cm³/mol. The van der Waals surface area contributed by atoms with E-state index in [2.05, 4.69) is 22.3 Å². The lowest BCUT2D eigenvalue weighted by Crippen LogP contribution is -2.24. The molecule has 0 unspecified atom stereocenters. The molecule has 0 fully saturated rings. The topological polar surface area (TPSA) is 16.1 Å². The summed E-state index contributed by atoms with van der Waals surface area (Å²) in [4.78, 5) is 2.19. The van der Waals surface area contributed by atoms with Gasteiger partial charge in [0.1, 0.15) is 5.82 Å². The summed E-state index contributed by atoms with van der Waals surface area (Å²) in [5.74, 6) is 0.923. The summed E-state index contributed by atoms with van der Waals surface area (Å²) < 4.78 is 44.2. The fraction of sp³-hybridized carbons (Fsp3) is 0.381. The maximum atomic E-state index is 12.8. The normalized spacial score (nSPS) is 11.9. The zero-order valence-electron chi connectivity index (χ0n) is 15.3. The first-order valence-electron chi connectivity index (χ1n) is 9.24. The Morgan fingerprint density at radius 2 is 1.70 bits per heavy atom. The van der Waals surface area contributed by atoms with Gasteiger partial charge in [-0.25, -0.2) is 0 Å². The SMILES string of the molecule is CCCCCCN(Cc1ccc(C(F)(F)F)cc1)c1nsc2ccccc12.